The van der Waals surface area contributed by atoms with Crippen molar-refractivity contribution < 1.29 is 14.9 Å². The average Bonchev–Trinajstić information content (AvgIpc) is 2.64. The monoisotopic (exact) mass is 264 g/mol. The molecule has 2 N–H and O–H groups in total. The lowest BCUT2D eigenvalue weighted by molar-refractivity contribution is 0.0319. The van der Waals surface area contributed by atoms with Gasteiger partial charge in [-0.25, -0.2) is 0 Å². The van der Waals surface area contributed by atoms with Crippen LogP contribution in [0.5, 0.6) is 5.75 Å². The summed E-state index contributed by atoms with van der Waals surface area (Å²) in [5, 5.41) is 19.8. The van der Waals surface area contributed by atoms with E-state index < -0.39 is 6.10 Å². The molecule has 3 heteroatoms. The number of hydrogen-bond acceptors (Lipinski definition) is 3. The van der Waals surface area contributed by atoms with Gasteiger partial charge in [-0.15, -0.1) is 0 Å². The molecule has 3 nitrogen and oxygen atoms in total. The van der Waals surface area contributed by atoms with Crippen LogP contribution in [0, 0.1) is 0 Å². The van der Waals surface area contributed by atoms with E-state index in [0.717, 1.165) is 37.0 Å². The van der Waals surface area contributed by atoms with Gasteiger partial charge in [0.1, 0.15) is 11.9 Å². The molecule has 0 bridgehead atoms. The van der Waals surface area contributed by atoms with Gasteiger partial charge in [0.05, 0.1) is 12.2 Å². The SMILES string of the molecule is CC[C@H](O)c1ccc(OC2CCCCCC2O)cc1. The Morgan fingerprint density at radius 1 is 1.16 bits per heavy atom. The molecule has 0 heterocycles. The summed E-state index contributed by atoms with van der Waals surface area (Å²) < 4.78 is 5.88. The molecule has 2 unspecified atom stereocenters. The van der Waals surface area contributed by atoms with E-state index in [-0.39, 0.29) is 12.2 Å². The molecular weight excluding hydrogens is 240 g/mol. The second kappa shape index (κ2) is 6.92. The number of ether oxygens (including phenoxy) is 1. The maximum absolute atomic E-state index is 10.0. The van der Waals surface area contributed by atoms with Crippen LogP contribution in [-0.4, -0.2) is 22.4 Å². The van der Waals surface area contributed by atoms with Crippen LogP contribution < -0.4 is 4.74 Å². The van der Waals surface area contributed by atoms with Crippen LogP contribution in [0.15, 0.2) is 24.3 Å². The van der Waals surface area contributed by atoms with Crippen molar-refractivity contribution >= 4 is 0 Å². The van der Waals surface area contributed by atoms with Crippen molar-refractivity contribution in [1.29, 1.82) is 0 Å². The van der Waals surface area contributed by atoms with E-state index in [0.29, 0.717) is 6.42 Å². The molecule has 0 aromatic heterocycles. The summed E-state index contributed by atoms with van der Waals surface area (Å²) in [5.41, 5.74) is 0.913. The Bertz CT molecular complexity index is 374. The molecule has 2 rings (SSSR count). The lowest BCUT2D eigenvalue weighted by Gasteiger charge is -2.22. The average molecular weight is 264 g/mol. The first-order valence-electron chi connectivity index (χ1n) is 7.33. The number of aliphatic hydroxyl groups excluding tert-OH is 2. The molecule has 1 saturated carbocycles. The van der Waals surface area contributed by atoms with E-state index in [1.54, 1.807) is 0 Å². The van der Waals surface area contributed by atoms with Crippen LogP contribution in [-0.2, 0) is 0 Å². The van der Waals surface area contributed by atoms with Crippen molar-refractivity contribution in [3.05, 3.63) is 29.8 Å². The molecular formula is C16H24O3. The Kier molecular flexibility index (Phi) is 5.23. The summed E-state index contributed by atoms with van der Waals surface area (Å²) in [6.45, 7) is 1.96. The molecule has 106 valence electrons. The minimum Gasteiger partial charge on any atom is -0.488 e. The Balaban J connectivity index is 1.98. The largest absolute Gasteiger partial charge is 0.488 e. The van der Waals surface area contributed by atoms with E-state index >= 15 is 0 Å². The lowest BCUT2D eigenvalue weighted by atomic mass is 10.1. The summed E-state index contributed by atoms with van der Waals surface area (Å²) in [5.74, 6) is 0.776. The molecule has 0 amide bonds. The normalized spacial score (nSPS) is 25.6. The maximum atomic E-state index is 10.0. The predicted octanol–water partition coefficient (Wildman–Crippen LogP) is 3.20. The zero-order valence-electron chi connectivity index (χ0n) is 11.6. The molecule has 1 fully saturated rings. The highest BCUT2D eigenvalue weighted by molar-refractivity contribution is 5.28. The van der Waals surface area contributed by atoms with Gasteiger partial charge in [-0.3, -0.25) is 0 Å². The quantitative estimate of drug-likeness (QED) is 0.821. The molecule has 3 atom stereocenters. The van der Waals surface area contributed by atoms with Crippen LogP contribution >= 0.6 is 0 Å². The van der Waals surface area contributed by atoms with Crippen molar-refractivity contribution in [2.75, 3.05) is 0 Å². The third-order valence-corrected chi connectivity index (χ3v) is 3.86. The fourth-order valence-corrected chi connectivity index (χ4v) is 2.57. The van der Waals surface area contributed by atoms with E-state index in [4.69, 9.17) is 4.74 Å². The molecule has 19 heavy (non-hydrogen) atoms. The van der Waals surface area contributed by atoms with Gasteiger partial charge in [0.2, 0.25) is 0 Å². The standard InChI is InChI=1S/C16H24O3/c1-2-14(17)12-8-10-13(11-9-12)19-16-7-5-3-4-6-15(16)18/h8-11,14-18H,2-7H2,1H3/t14-,15?,16?/m0/s1. The minimum atomic E-state index is -0.405. The number of hydrogen-bond donors (Lipinski definition) is 2. The maximum Gasteiger partial charge on any atom is 0.124 e. The molecule has 1 aliphatic rings. The predicted molar refractivity (Wildman–Crippen MR) is 75.2 cm³/mol. The zero-order chi connectivity index (χ0) is 13.7. The van der Waals surface area contributed by atoms with Gasteiger partial charge in [-0.05, 0) is 43.4 Å². The lowest BCUT2D eigenvalue weighted by Crippen LogP contribution is -2.30. The fraction of sp³-hybridized carbons (Fsp3) is 0.625. The Morgan fingerprint density at radius 3 is 2.53 bits per heavy atom. The Hall–Kier alpha value is -1.06. The zero-order valence-corrected chi connectivity index (χ0v) is 11.6. The van der Waals surface area contributed by atoms with Crippen molar-refractivity contribution in [2.45, 2.75) is 63.8 Å². The topological polar surface area (TPSA) is 49.7 Å². The second-order valence-electron chi connectivity index (χ2n) is 5.35. The van der Waals surface area contributed by atoms with Gasteiger partial charge in [-0.1, -0.05) is 31.9 Å². The molecule has 1 aliphatic carbocycles. The molecule has 1 aromatic rings. The van der Waals surface area contributed by atoms with Crippen LogP contribution in [0.3, 0.4) is 0 Å². The Labute approximate surface area is 115 Å². The van der Waals surface area contributed by atoms with Crippen LogP contribution in [0.1, 0.15) is 57.1 Å². The van der Waals surface area contributed by atoms with E-state index in [1.165, 1.54) is 6.42 Å². The van der Waals surface area contributed by atoms with Gasteiger partial charge >= 0.3 is 0 Å². The first-order chi connectivity index (χ1) is 9.20. The smallest absolute Gasteiger partial charge is 0.124 e. The van der Waals surface area contributed by atoms with Gasteiger partial charge in [-0.2, -0.15) is 0 Å². The third kappa shape index (κ3) is 3.95. The molecule has 1 aromatic carbocycles. The number of benzene rings is 1. The molecule has 0 saturated heterocycles. The van der Waals surface area contributed by atoms with Crippen molar-refractivity contribution in [2.24, 2.45) is 0 Å². The third-order valence-electron chi connectivity index (χ3n) is 3.86. The van der Waals surface area contributed by atoms with Crippen LogP contribution in [0.25, 0.3) is 0 Å². The van der Waals surface area contributed by atoms with Gasteiger partial charge in [0.15, 0.2) is 0 Å². The van der Waals surface area contributed by atoms with Gasteiger partial charge in [0, 0.05) is 0 Å². The fourth-order valence-electron chi connectivity index (χ4n) is 2.57. The number of rotatable bonds is 4. The second-order valence-corrected chi connectivity index (χ2v) is 5.35. The molecule has 0 aliphatic heterocycles. The van der Waals surface area contributed by atoms with Crippen molar-refractivity contribution in [3.63, 3.8) is 0 Å². The highest BCUT2D eigenvalue weighted by Crippen LogP contribution is 2.25. The summed E-state index contributed by atoms with van der Waals surface area (Å²) >= 11 is 0. The van der Waals surface area contributed by atoms with Crippen LogP contribution in [0.2, 0.25) is 0 Å². The van der Waals surface area contributed by atoms with Crippen molar-refractivity contribution in [1.82, 2.24) is 0 Å². The summed E-state index contributed by atoms with van der Waals surface area (Å²) in [6.07, 6.45) is 4.99. The summed E-state index contributed by atoms with van der Waals surface area (Å²) in [7, 11) is 0. The summed E-state index contributed by atoms with van der Waals surface area (Å²) in [4.78, 5) is 0. The Morgan fingerprint density at radius 2 is 1.84 bits per heavy atom. The van der Waals surface area contributed by atoms with E-state index in [1.807, 2.05) is 31.2 Å². The van der Waals surface area contributed by atoms with E-state index in [9.17, 15) is 10.2 Å². The van der Waals surface area contributed by atoms with Gasteiger partial charge in [0.25, 0.3) is 0 Å². The van der Waals surface area contributed by atoms with Crippen molar-refractivity contribution in [3.8, 4) is 5.75 Å². The number of aliphatic hydroxyl groups is 2. The van der Waals surface area contributed by atoms with E-state index in [2.05, 4.69) is 0 Å². The first kappa shape index (κ1) is 14.4. The molecule has 0 spiro atoms. The molecule has 0 radical (unpaired) electrons. The highest BCUT2D eigenvalue weighted by atomic mass is 16.5. The van der Waals surface area contributed by atoms with Crippen LogP contribution in [0.4, 0.5) is 0 Å². The van der Waals surface area contributed by atoms with Gasteiger partial charge < -0.3 is 14.9 Å². The summed E-state index contributed by atoms with van der Waals surface area (Å²) in [6, 6.07) is 7.55. The minimum absolute atomic E-state index is 0.0931. The first-order valence-corrected chi connectivity index (χ1v) is 7.33. The highest BCUT2D eigenvalue weighted by Gasteiger charge is 2.23.